The van der Waals surface area contributed by atoms with Gasteiger partial charge in [0.15, 0.2) is 17.6 Å². The average molecular weight is 545 g/mol. The molecule has 0 aliphatic carbocycles. The Hall–Kier alpha value is -4.71. The number of thiazole rings is 1. The quantitative estimate of drug-likeness (QED) is 0.314. The van der Waals surface area contributed by atoms with Crippen LogP contribution in [0, 0.1) is 13.8 Å². The summed E-state index contributed by atoms with van der Waals surface area (Å²) in [5.41, 5.74) is 11.2. The van der Waals surface area contributed by atoms with Crippen LogP contribution in [0.2, 0.25) is 0 Å². The number of carbonyl (C=O) groups is 1. The molecular formula is C27H24N6O5S. The van der Waals surface area contributed by atoms with Crippen LogP contribution < -0.4 is 25.3 Å². The second kappa shape index (κ2) is 9.87. The van der Waals surface area contributed by atoms with E-state index in [0.717, 1.165) is 42.9 Å². The van der Waals surface area contributed by atoms with Crippen molar-refractivity contribution < 1.29 is 23.7 Å². The monoisotopic (exact) mass is 544 g/mol. The van der Waals surface area contributed by atoms with E-state index in [4.69, 9.17) is 29.7 Å². The number of nitrogens with zero attached hydrogens (tertiary/aromatic N) is 4. The van der Waals surface area contributed by atoms with E-state index in [-0.39, 0.29) is 13.2 Å². The number of benzene rings is 2. The van der Waals surface area contributed by atoms with Gasteiger partial charge >= 0.3 is 6.09 Å². The molecule has 0 spiro atoms. The number of anilines is 2. The number of carbonyl (C=O) groups excluding carboxylic acids is 1. The third kappa shape index (κ3) is 4.81. The summed E-state index contributed by atoms with van der Waals surface area (Å²) < 4.78 is 23.7. The van der Waals surface area contributed by atoms with Gasteiger partial charge in [0.1, 0.15) is 28.7 Å². The van der Waals surface area contributed by atoms with Crippen molar-refractivity contribution in [3.05, 3.63) is 53.9 Å². The predicted octanol–water partition coefficient (Wildman–Crippen LogP) is 4.90. The van der Waals surface area contributed by atoms with Crippen molar-refractivity contribution in [3.8, 4) is 28.0 Å². The van der Waals surface area contributed by atoms with E-state index in [1.54, 1.807) is 25.4 Å². The number of amides is 1. The zero-order valence-electron chi connectivity index (χ0n) is 21.3. The molecule has 5 aromatic rings. The molecule has 1 aliphatic heterocycles. The smallest absolute Gasteiger partial charge is 0.411 e. The zero-order chi connectivity index (χ0) is 27.1. The number of nitrogens with one attached hydrogen (secondary N) is 1. The summed E-state index contributed by atoms with van der Waals surface area (Å²) in [7, 11) is 1.57. The fourth-order valence-electron chi connectivity index (χ4n) is 4.31. The lowest BCUT2D eigenvalue weighted by Gasteiger charge is -2.26. The van der Waals surface area contributed by atoms with Gasteiger partial charge in [0.2, 0.25) is 5.88 Å². The fourth-order valence-corrected chi connectivity index (χ4v) is 5.46. The number of ether oxygens (including phenoxy) is 4. The summed E-state index contributed by atoms with van der Waals surface area (Å²) in [5, 5.41) is 3.41. The normalized spacial score (nSPS) is 14.4. The van der Waals surface area contributed by atoms with Crippen molar-refractivity contribution in [2.24, 2.45) is 0 Å². The Morgan fingerprint density at radius 3 is 2.82 bits per heavy atom. The summed E-state index contributed by atoms with van der Waals surface area (Å²) in [6.07, 6.45) is 1.96. The summed E-state index contributed by atoms with van der Waals surface area (Å²) in [4.78, 5) is 30.2. The number of nitrogens with two attached hydrogens (primary N) is 1. The number of fused-ring (bicyclic) bond motifs is 4. The highest BCUT2D eigenvalue weighted by molar-refractivity contribution is 7.22. The van der Waals surface area contributed by atoms with Crippen LogP contribution in [-0.4, -0.2) is 52.5 Å². The van der Waals surface area contributed by atoms with Crippen LogP contribution in [0.4, 0.5) is 16.3 Å². The van der Waals surface area contributed by atoms with Crippen LogP contribution in [0.25, 0.3) is 31.8 Å². The summed E-state index contributed by atoms with van der Waals surface area (Å²) in [6.45, 7) is 4.21. The first-order valence-corrected chi connectivity index (χ1v) is 12.9. The van der Waals surface area contributed by atoms with Gasteiger partial charge in [0.05, 0.1) is 41.7 Å². The number of pyridine rings is 1. The molecule has 39 heavy (non-hydrogen) atoms. The van der Waals surface area contributed by atoms with Gasteiger partial charge in [0, 0.05) is 5.56 Å². The maximum Gasteiger partial charge on any atom is 0.411 e. The Kier molecular flexibility index (Phi) is 6.23. The topological polar surface area (TPSA) is 144 Å². The lowest BCUT2D eigenvalue weighted by atomic mass is 10.1. The SMILES string of the molecule is COc1cnc2c(-c3nc4c(C)cc5c(c4s3)OCC(COC(=O)Nc3ccc(N)nc3)O5)cc(C)cc2n1. The van der Waals surface area contributed by atoms with Crippen molar-refractivity contribution in [3.63, 3.8) is 0 Å². The third-order valence-electron chi connectivity index (χ3n) is 6.13. The lowest BCUT2D eigenvalue weighted by Crippen LogP contribution is -2.35. The molecule has 3 N–H and O–H groups in total. The van der Waals surface area contributed by atoms with Crippen molar-refractivity contribution in [2.45, 2.75) is 20.0 Å². The van der Waals surface area contributed by atoms with Gasteiger partial charge in [-0.3, -0.25) is 5.32 Å². The van der Waals surface area contributed by atoms with Gasteiger partial charge < -0.3 is 24.7 Å². The Labute approximate surface area is 226 Å². The highest BCUT2D eigenvalue weighted by atomic mass is 32.1. The first kappa shape index (κ1) is 24.6. The lowest BCUT2D eigenvalue weighted by molar-refractivity contribution is 0.0383. The third-order valence-corrected chi connectivity index (χ3v) is 7.21. The molecule has 12 heteroatoms. The molecule has 0 radical (unpaired) electrons. The van der Waals surface area contributed by atoms with Crippen LogP contribution in [0.5, 0.6) is 17.4 Å². The van der Waals surface area contributed by atoms with Gasteiger partial charge in [-0.25, -0.2) is 24.7 Å². The number of aryl methyl sites for hydroxylation is 2. The zero-order valence-corrected chi connectivity index (χ0v) is 22.2. The molecule has 2 aromatic carbocycles. The van der Waals surface area contributed by atoms with Crippen LogP contribution in [-0.2, 0) is 4.74 Å². The van der Waals surface area contributed by atoms with Gasteiger partial charge in [-0.15, -0.1) is 11.3 Å². The number of rotatable bonds is 5. The van der Waals surface area contributed by atoms with E-state index >= 15 is 0 Å². The van der Waals surface area contributed by atoms with Crippen LogP contribution in [0.15, 0.2) is 42.7 Å². The fraction of sp³-hybridized carbons (Fsp3) is 0.222. The molecule has 4 heterocycles. The summed E-state index contributed by atoms with van der Waals surface area (Å²) >= 11 is 1.51. The minimum atomic E-state index is -0.624. The number of methoxy groups -OCH3 is 1. The highest BCUT2D eigenvalue weighted by Crippen LogP contribution is 2.46. The Morgan fingerprint density at radius 1 is 1.15 bits per heavy atom. The molecule has 0 saturated carbocycles. The second-order valence-electron chi connectivity index (χ2n) is 9.06. The molecule has 0 fully saturated rings. The number of nitrogen functional groups attached to an aromatic ring is 1. The molecule has 11 nitrogen and oxygen atoms in total. The summed E-state index contributed by atoms with van der Waals surface area (Å²) in [5.74, 6) is 2.02. The second-order valence-corrected chi connectivity index (χ2v) is 10.1. The van der Waals surface area contributed by atoms with Crippen LogP contribution in [0.3, 0.4) is 0 Å². The van der Waals surface area contributed by atoms with Gasteiger partial charge in [0.25, 0.3) is 0 Å². The highest BCUT2D eigenvalue weighted by Gasteiger charge is 2.27. The van der Waals surface area contributed by atoms with E-state index in [2.05, 4.69) is 26.3 Å². The van der Waals surface area contributed by atoms with E-state index in [0.29, 0.717) is 28.9 Å². The Balaban J connectivity index is 1.24. The summed E-state index contributed by atoms with van der Waals surface area (Å²) in [6, 6.07) is 9.15. The van der Waals surface area contributed by atoms with Gasteiger partial charge in [-0.2, -0.15) is 0 Å². The Morgan fingerprint density at radius 2 is 2.03 bits per heavy atom. The molecule has 1 atom stereocenters. The minimum Gasteiger partial charge on any atom is -0.484 e. The number of hydrogen-bond acceptors (Lipinski definition) is 11. The molecule has 6 rings (SSSR count). The van der Waals surface area contributed by atoms with Crippen LogP contribution >= 0.6 is 11.3 Å². The average Bonchev–Trinajstić information content (AvgIpc) is 3.38. The van der Waals surface area contributed by atoms with E-state index in [9.17, 15) is 4.79 Å². The van der Waals surface area contributed by atoms with Crippen molar-refractivity contribution in [2.75, 3.05) is 31.4 Å². The van der Waals surface area contributed by atoms with Crippen LogP contribution in [0.1, 0.15) is 11.1 Å². The predicted molar refractivity (Wildman–Crippen MR) is 148 cm³/mol. The molecule has 3 aromatic heterocycles. The van der Waals surface area contributed by atoms with E-state index < -0.39 is 12.2 Å². The minimum absolute atomic E-state index is 0.0100. The maximum atomic E-state index is 12.2. The molecule has 0 bridgehead atoms. The molecule has 1 amide bonds. The Bertz CT molecular complexity index is 1720. The largest absolute Gasteiger partial charge is 0.484 e. The maximum absolute atomic E-state index is 12.2. The molecule has 1 aliphatic rings. The standard InChI is InChI=1S/C27H24N6O5S/c1-13-6-17(23-18(7-13)32-21(35-3)10-30-23)26-33-22-14(2)8-19-24(25(22)39-26)36-11-16(38-19)12-37-27(34)31-15-4-5-20(28)29-9-15/h4-10,16H,11-12H2,1-3H3,(H2,28,29)(H,31,34). The van der Waals surface area contributed by atoms with Gasteiger partial charge in [-0.1, -0.05) is 0 Å². The molecule has 198 valence electrons. The van der Waals surface area contributed by atoms with Gasteiger partial charge in [-0.05, 0) is 55.3 Å². The molecule has 1 unspecified atom stereocenters. The number of hydrogen-bond donors (Lipinski definition) is 2. The van der Waals surface area contributed by atoms with Crippen molar-refractivity contribution in [1.82, 2.24) is 19.9 Å². The van der Waals surface area contributed by atoms with E-state index in [1.807, 2.05) is 26.0 Å². The molecular weight excluding hydrogens is 520 g/mol. The first-order chi connectivity index (χ1) is 18.9. The van der Waals surface area contributed by atoms with E-state index in [1.165, 1.54) is 17.5 Å². The number of aromatic nitrogens is 4. The van der Waals surface area contributed by atoms with Crippen molar-refractivity contribution >= 4 is 50.2 Å². The molecule has 0 saturated heterocycles. The first-order valence-electron chi connectivity index (χ1n) is 12.1. The van der Waals surface area contributed by atoms with Crippen molar-refractivity contribution in [1.29, 1.82) is 0 Å².